The third-order valence-electron chi connectivity index (χ3n) is 6.09. The first-order valence-corrected chi connectivity index (χ1v) is 9.53. The normalized spacial score (nSPS) is 22.2. The summed E-state index contributed by atoms with van der Waals surface area (Å²) in [5.74, 6) is 0.379. The first-order valence-electron chi connectivity index (χ1n) is 9.53. The van der Waals surface area contributed by atoms with E-state index < -0.39 is 15.8 Å². The maximum Gasteiger partial charge on any atom is 0.317 e. The second-order valence-corrected chi connectivity index (χ2v) is 7.38. The lowest BCUT2D eigenvalue weighted by Crippen LogP contribution is -2.32. The summed E-state index contributed by atoms with van der Waals surface area (Å²) in [6.07, 6.45) is 0.501. The Kier molecular flexibility index (Phi) is 4.78. The van der Waals surface area contributed by atoms with Gasteiger partial charge in [-0.25, -0.2) is 0 Å². The molecule has 0 unspecified atom stereocenters. The third kappa shape index (κ3) is 2.76. The number of nitro benzene ring substituents is 1. The number of rotatable bonds is 6. The predicted molar refractivity (Wildman–Crippen MR) is 112 cm³/mol. The number of non-ortho nitro benzene ring substituents is 1. The molecule has 152 valence electrons. The van der Waals surface area contributed by atoms with Crippen LogP contribution in [0.25, 0.3) is 0 Å². The van der Waals surface area contributed by atoms with Crippen molar-refractivity contribution in [1.82, 2.24) is 0 Å². The fraction of sp³-hybridized carbons (Fsp3) is 0.208. The molecule has 0 bridgehead atoms. The van der Waals surface area contributed by atoms with Gasteiger partial charge < -0.3 is 9.47 Å². The molecule has 0 saturated heterocycles. The molecule has 0 spiro atoms. The molecule has 0 radical (unpaired) electrons. The minimum Gasteiger partial charge on any atom is -0.497 e. The van der Waals surface area contributed by atoms with E-state index in [1.54, 1.807) is 19.2 Å². The van der Waals surface area contributed by atoms with Crippen LogP contribution in [0.2, 0.25) is 0 Å². The van der Waals surface area contributed by atoms with E-state index in [9.17, 15) is 14.9 Å². The molecular formula is C24H21NO5. The van der Waals surface area contributed by atoms with E-state index >= 15 is 0 Å². The summed E-state index contributed by atoms with van der Waals surface area (Å²) in [4.78, 5) is 23.9. The van der Waals surface area contributed by atoms with Crippen LogP contribution < -0.4 is 4.74 Å². The quantitative estimate of drug-likeness (QED) is 0.346. The zero-order valence-corrected chi connectivity index (χ0v) is 16.7. The third-order valence-corrected chi connectivity index (χ3v) is 6.09. The Balaban J connectivity index is 1.94. The van der Waals surface area contributed by atoms with E-state index in [4.69, 9.17) is 9.47 Å². The average Bonchev–Trinajstić information content (AvgIpc) is 3.52. The van der Waals surface area contributed by atoms with Gasteiger partial charge in [-0.05, 0) is 35.2 Å². The van der Waals surface area contributed by atoms with Gasteiger partial charge in [0.15, 0.2) is 0 Å². The molecular weight excluding hydrogens is 382 g/mol. The van der Waals surface area contributed by atoms with Crippen LogP contribution in [-0.2, 0) is 20.4 Å². The van der Waals surface area contributed by atoms with Gasteiger partial charge in [0.1, 0.15) is 11.2 Å². The van der Waals surface area contributed by atoms with Crippen LogP contribution in [-0.4, -0.2) is 25.1 Å². The second kappa shape index (κ2) is 7.30. The van der Waals surface area contributed by atoms with E-state index in [1.807, 2.05) is 54.6 Å². The van der Waals surface area contributed by atoms with Crippen molar-refractivity contribution >= 4 is 11.7 Å². The highest BCUT2D eigenvalue weighted by molar-refractivity contribution is 5.93. The van der Waals surface area contributed by atoms with E-state index in [0.29, 0.717) is 12.2 Å². The molecule has 2 atom stereocenters. The Bertz CT molecular complexity index is 1080. The zero-order chi connectivity index (χ0) is 21.4. The number of ether oxygens (including phenoxy) is 2. The van der Waals surface area contributed by atoms with Gasteiger partial charge in [-0.2, -0.15) is 0 Å². The summed E-state index contributed by atoms with van der Waals surface area (Å²) >= 11 is 0. The molecule has 1 aliphatic rings. The number of carbonyl (C=O) groups is 1. The van der Waals surface area contributed by atoms with Crippen molar-refractivity contribution in [3.8, 4) is 5.75 Å². The fourth-order valence-electron chi connectivity index (χ4n) is 4.57. The topological polar surface area (TPSA) is 78.7 Å². The number of methoxy groups -OCH3 is 2. The molecule has 3 aromatic rings. The van der Waals surface area contributed by atoms with Crippen molar-refractivity contribution < 1.29 is 19.2 Å². The number of nitrogens with zero attached hydrogens (tertiary/aromatic N) is 1. The molecule has 1 aliphatic carbocycles. The summed E-state index contributed by atoms with van der Waals surface area (Å²) in [5.41, 5.74) is 0.981. The molecule has 6 nitrogen and oxygen atoms in total. The van der Waals surface area contributed by atoms with Crippen molar-refractivity contribution in [1.29, 1.82) is 0 Å². The van der Waals surface area contributed by atoms with E-state index in [1.165, 1.54) is 19.2 Å². The van der Waals surface area contributed by atoms with Gasteiger partial charge >= 0.3 is 5.97 Å². The lowest BCUT2D eigenvalue weighted by Gasteiger charge is -2.26. The average molecular weight is 403 g/mol. The number of esters is 1. The van der Waals surface area contributed by atoms with Gasteiger partial charge in [0, 0.05) is 17.5 Å². The molecule has 1 fully saturated rings. The summed E-state index contributed by atoms with van der Waals surface area (Å²) in [7, 11) is 2.99. The molecule has 30 heavy (non-hydrogen) atoms. The van der Waals surface area contributed by atoms with Crippen LogP contribution in [0.5, 0.6) is 5.75 Å². The second-order valence-electron chi connectivity index (χ2n) is 7.38. The Hall–Kier alpha value is -3.67. The van der Waals surface area contributed by atoms with Crippen molar-refractivity contribution in [3.63, 3.8) is 0 Å². The lowest BCUT2D eigenvalue weighted by atomic mass is 9.77. The molecule has 0 aliphatic heterocycles. The molecule has 3 aromatic carbocycles. The van der Waals surface area contributed by atoms with Crippen LogP contribution in [0, 0.1) is 10.1 Å². The van der Waals surface area contributed by atoms with Gasteiger partial charge in [-0.1, -0.05) is 54.6 Å². The van der Waals surface area contributed by atoms with Crippen LogP contribution in [0.15, 0.2) is 78.9 Å². The SMILES string of the molecule is COC(=O)[C@@]1(c2ccccc2)C[C@@]1(c1ccc(OC)cc1)c1ccc([N+](=O)[O-])cc1. The van der Waals surface area contributed by atoms with Gasteiger partial charge in [0.05, 0.1) is 19.1 Å². The van der Waals surface area contributed by atoms with Gasteiger partial charge in [-0.3, -0.25) is 14.9 Å². The molecule has 0 heterocycles. The number of nitro groups is 1. The highest BCUT2D eigenvalue weighted by Gasteiger charge is 2.75. The standard InChI is InChI=1S/C24H21NO5/c1-29-21-14-10-19(11-15-21)23(18-8-12-20(13-9-18)25(27)28)16-24(23,22(26)30-2)17-6-4-3-5-7-17/h3-15H,16H2,1-2H3/t23-,24-/m0/s1. The number of hydrogen-bond donors (Lipinski definition) is 0. The smallest absolute Gasteiger partial charge is 0.317 e. The summed E-state index contributed by atoms with van der Waals surface area (Å²) in [6.45, 7) is 0. The molecule has 4 rings (SSSR count). The molecule has 0 amide bonds. The minimum absolute atomic E-state index is 0.00709. The van der Waals surface area contributed by atoms with Gasteiger partial charge in [0.25, 0.3) is 5.69 Å². The van der Waals surface area contributed by atoms with Crippen molar-refractivity contribution in [2.24, 2.45) is 0 Å². The summed E-state index contributed by atoms with van der Waals surface area (Å²) in [6, 6.07) is 23.5. The van der Waals surface area contributed by atoms with Crippen LogP contribution in [0.3, 0.4) is 0 Å². The van der Waals surface area contributed by atoms with Crippen LogP contribution in [0.4, 0.5) is 5.69 Å². The Labute approximate surface area is 174 Å². The Morgan fingerprint density at radius 3 is 1.93 bits per heavy atom. The first-order chi connectivity index (χ1) is 14.5. The van der Waals surface area contributed by atoms with Crippen molar-refractivity contribution in [2.45, 2.75) is 17.3 Å². The number of benzene rings is 3. The highest BCUT2D eigenvalue weighted by Crippen LogP contribution is 2.69. The molecule has 6 heteroatoms. The van der Waals surface area contributed by atoms with Crippen LogP contribution in [0.1, 0.15) is 23.1 Å². The van der Waals surface area contributed by atoms with E-state index in [2.05, 4.69) is 0 Å². The lowest BCUT2D eigenvalue weighted by molar-refractivity contribution is -0.384. The van der Waals surface area contributed by atoms with Gasteiger partial charge in [-0.15, -0.1) is 0 Å². The number of carbonyl (C=O) groups excluding carboxylic acids is 1. The number of hydrogen-bond acceptors (Lipinski definition) is 5. The minimum atomic E-state index is -0.923. The first kappa shape index (κ1) is 19.6. The van der Waals surface area contributed by atoms with E-state index in [-0.39, 0.29) is 11.7 Å². The molecule has 1 saturated carbocycles. The fourth-order valence-corrected chi connectivity index (χ4v) is 4.57. The van der Waals surface area contributed by atoms with E-state index in [0.717, 1.165) is 16.7 Å². The van der Waals surface area contributed by atoms with Crippen molar-refractivity contribution in [3.05, 3.63) is 106 Å². The maximum absolute atomic E-state index is 13.2. The monoisotopic (exact) mass is 403 g/mol. The molecule has 0 aromatic heterocycles. The van der Waals surface area contributed by atoms with Crippen molar-refractivity contribution in [2.75, 3.05) is 14.2 Å². The van der Waals surface area contributed by atoms with Crippen LogP contribution >= 0.6 is 0 Å². The predicted octanol–water partition coefficient (Wildman–Crippen LogP) is 4.40. The Morgan fingerprint density at radius 2 is 1.43 bits per heavy atom. The highest BCUT2D eigenvalue weighted by atomic mass is 16.6. The largest absolute Gasteiger partial charge is 0.497 e. The maximum atomic E-state index is 13.2. The summed E-state index contributed by atoms with van der Waals surface area (Å²) < 4.78 is 10.6. The summed E-state index contributed by atoms with van der Waals surface area (Å²) in [5, 5.41) is 11.1. The Morgan fingerprint density at radius 1 is 0.867 bits per heavy atom. The molecule has 0 N–H and O–H groups in total. The zero-order valence-electron chi connectivity index (χ0n) is 16.7. The van der Waals surface area contributed by atoms with Gasteiger partial charge in [0.2, 0.25) is 0 Å².